The van der Waals surface area contributed by atoms with Gasteiger partial charge < -0.3 is 4.90 Å². The highest BCUT2D eigenvalue weighted by atomic mass is 32.2. The number of amides is 1. The number of sulfone groups is 1. The van der Waals surface area contributed by atoms with Crippen molar-refractivity contribution in [2.45, 2.75) is 50.6 Å². The van der Waals surface area contributed by atoms with Crippen LogP contribution in [-0.4, -0.2) is 67.3 Å². The lowest BCUT2D eigenvalue weighted by atomic mass is 9.99. The third-order valence-electron chi connectivity index (χ3n) is 6.40. The molecule has 1 aromatic carbocycles. The molecule has 4 rings (SSSR count). The lowest BCUT2D eigenvalue weighted by molar-refractivity contribution is -0.136. The van der Waals surface area contributed by atoms with Crippen molar-refractivity contribution in [1.82, 2.24) is 9.80 Å². The Hall–Kier alpha value is -1.66. The SMILES string of the molecule is O=C(CN1CC=C(c2ccccc2)CC1)N(C1CCCC1)[C@H]1CCS(=O)(=O)C1. The number of carbonyl (C=O) groups excluding carboxylic acids is 1. The zero-order valence-electron chi connectivity index (χ0n) is 16.4. The summed E-state index contributed by atoms with van der Waals surface area (Å²) < 4.78 is 24.0. The summed E-state index contributed by atoms with van der Waals surface area (Å²) in [5.74, 6) is 0.486. The molecule has 1 aliphatic carbocycles. The molecule has 2 fully saturated rings. The van der Waals surface area contributed by atoms with Gasteiger partial charge >= 0.3 is 0 Å². The molecule has 2 heterocycles. The first kappa shape index (κ1) is 19.6. The van der Waals surface area contributed by atoms with Gasteiger partial charge in [-0.3, -0.25) is 9.69 Å². The van der Waals surface area contributed by atoms with Crippen LogP contribution in [0.25, 0.3) is 5.57 Å². The normalized spacial score (nSPS) is 25.6. The first-order chi connectivity index (χ1) is 13.5. The molecule has 0 aromatic heterocycles. The van der Waals surface area contributed by atoms with Crippen LogP contribution in [0.4, 0.5) is 0 Å². The summed E-state index contributed by atoms with van der Waals surface area (Å²) in [5.41, 5.74) is 2.61. The van der Waals surface area contributed by atoms with Crippen LogP contribution in [0.2, 0.25) is 0 Å². The number of carbonyl (C=O) groups is 1. The molecule has 1 aromatic rings. The van der Waals surface area contributed by atoms with Crippen molar-refractivity contribution >= 4 is 21.3 Å². The second kappa shape index (κ2) is 8.37. The summed E-state index contributed by atoms with van der Waals surface area (Å²) in [5, 5.41) is 0. The molecule has 0 N–H and O–H groups in total. The summed E-state index contributed by atoms with van der Waals surface area (Å²) >= 11 is 0. The van der Waals surface area contributed by atoms with Crippen molar-refractivity contribution in [3.8, 4) is 0 Å². The van der Waals surface area contributed by atoms with E-state index < -0.39 is 9.84 Å². The number of benzene rings is 1. The Balaban J connectivity index is 1.41. The van der Waals surface area contributed by atoms with Crippen molar-refractivity contribution in [1.29, 1.82) is 0 Å². The van der Waals surface area contributed by atoms with Crippen LogP contribution in [0.5, 0.6) is 0 Å². The molecule has 0 bridgehead atoms. The number of rotatable bonds is 5. The number of hydrogen-bond donors (Lipinski definition) is 0. The van der Waals surface area contributed by atoms with Crippen molar-refractivity contribution in [3.05, 3.63) is 42.0 Å². The van der Waals surface area contributed by atoms with E-state index in [-0.39, 0.29) is 29.5 Å². The van der Waals surface area contributed by atoms with Gasteiger partial charge in [-0.25, -0.2) is 8.42 Å². The summed E-state index contributed by atoms with van der Waals surface area (Å²) in [4.78, 5) is 17.4. The minimum Gasteiger partial charge on any atom is -0.335 e. The Labute approximate surface area is 168 Å². The third kappa shape index (κ3) is 4.49. The van der Waals surface area contributed by atoms with Crippen LogP contribution in [0.3, 0.4) is 0 Å². The fraction of sp³-hybridized carbons (Fsp3) is 0.591. The summed E-state index contributed by atoms with van der Waals surface area (Å²) in [6, 6.07) is 10.5. The van der Waals surface area contributed by atoms with Gasteiger partial charge in [0.15, 0.2) is 9.84 Å². The van der Waals surface area contributed by atoms with Gasteiger partial charge in [0.05, 0.1) is 18.1 Å². The van der Waals surface area contributed by atoms with Crippen LogP contribution in [-0.2, 0) is 14.6 Å². The van der Waals surface area contributed by atoms with Crippen molar-refractivity contribution in [3.63, 3.8) is 0 Å². The third-order valence-corrected chi connectivity index (χ3v) is 8.15. The van der Waals surface area contributed by atoms with Crippen molar-refractivity contribution in [2.75, 3.05) is 31.1 Å². The van der Waals surface area contributed by atoms with Crippen LogP contribution in [0, 0.1) is 0 Å². The Bertz CT molecular complexity index is 829. The topological polar surface area (TPSA) is 57.7 Å². The summed E-state index contributed by atoms with van der Waals surface area (Å²) in [7, 11) is -2.99. The summed E-state index contributed by atoms with van der Waals surface area (Å²) in [6.45, 7) is 2.04. The molecule has 1 saturated carbocycles. The Morgan fingerprint density at radius 2 is 1.82 bits per heavy atom. The van der Waals surface area contributed by atoms with Gasteiger partial charge in [-0.15, -0.1) is 0 Å². The van der Waals surface area contributed by atoms with E-state index in [1.165, 1.54) is 11.1 Å². The molecular weight excluding hydrogens is 372 g/mol. The van der Waals surface area contributed by atoms with E-state index in [0.717, 1.165) is 45.2 Å². The molecule has 0 unspecified atom stereocenters. The average Bonchev–Trinajstić information content (AvgIpc) is 3.33. The molecule has 1 amide bonds. The van der Waals surface area contributed by atoms with Crippen LogP contribution < -0.4 is 0 Å². The Morgan fingerprint density at radius 1 is 1.07 bits per heavy atom. The predicted octanol–water partition coefficient (Wildman–Crippen LogP) is 2.73. The van der Waals surface area contributed by atoms with Crippen LogP contribution in [0.1, 0.15) is 44.1 Å². The van der Waals surface area contributed by atoms with E-state index in [4.69, 9.17) is 0 Å². The van der Waals surface area contributed by atoms with Gasteiger partial charge in [0.1, 0.15) is 0 Å². The lowest BCUT2D eigenvalue weighted by Gasteiger charge is -2.36. The first-order valence-electron chi connectivity index (χ1n) is 10.5. The van der Waals surface area contributed by atoms with Gasteiger partial charge in [-0.1, -0.05) is 49.2 Å². The van der Waals surface area contributed by atoms with E-state index in [0.29, 0.717) is 13.0 Å². The molecule has 2 aliphatic heterocycles. The maximum Gasteiger partial charge on any atom is 0.237 e. The number of nitrogens with zero attached hydrogens (tertiary/aromatic N) is 2. The van der Waals surface area contributed by atoms with E-state index >= 15 is 0 Å². The molecular formula is C22H30N2O3S. The zero-order valence-corrected chi connectivity index (χ0v) is 17.2. The van der Waals surface area contributed by atoms with E-state index in [9.17, 15) is 13.2 Å². The maximum absolute atomic E-state index is 13.2. The summed E-state index contributed by atoms with van der Waals surface area (Å²) in [6.07, 6.45) is 8.08. The largest absolute Gasteiger partial charge is 0.335 e. The smallest absolute Gasteiger partial charge is 0.237 e. The fourth-order valence-electron chi connectivity index (χ4n) is 4.92. The molecule has 3 aliphatic rings. The molecule has 152 valence electrons. The molecule has 5 nitrogen and oxygen atoms in total. The highest BCUT2D eigenvalue weighted by Crippen LogP contribution is 2.30. The lowest BCUT2D eigenvalue weighted by Crippen LogP contribution is -2.51. The standard InChI is InChI=1S/C22H30N2O3S/c25-22(16-23-13-10-19(11-14-23)18-6-2-1-3-7-18)24(20-8-4-5-9-20)21-12-15-28(26,27)17-21/h1-3,6-7,10,20-21H,4-5,8-9,11-17H2/t21-/m0/s1. The van der Waals surface area contributed by atoms with Crippen molar-refractivity contribution in [2.24, 2.45) is 0 Å². The zero-order chi connectivity index (χ0) is 19.6. The van der Waals surface area contributed by atoms with Gasteiger partial charge in [-0.2, -0.15) is 0 Å². The highest BCUT2D eigenvalue weighted by Gasteiger charge is 2.39. The second-order valence-electron chi connectivity index (χ2n) is 8.38. The minimum absolute atomic E-state index is 0.116. The fourth-order valence-corrected chi connectivity index (χ4v) is 6.64. The van der Waals surface area contributed by atoms with Crippen LogP contribution >= 0.6 is 0 Å². The van der Waals surface area contributed by atoms with E-state index in [1.54, 1.807) is 0 Å². The molecule has 0 radical (unpaired) electrons. The van der Waals surface area contributed by atoms with E-state index in [2.05, 4.69) is 35.2 Å². The van der Waals surface area contributed by atoms with Crippen molar-refractivity contribution < 1.29 is 13.2 Å². The van der Waals surface area contributed by atoms with Gasteiger partial charge in [0.25, 0.3) is 0 Å². The van der Waals surface area contributed by atoms with Crippen LogP contribution in [0.15, 0.2) is 36.4 Å². The number of hydrogen-bond acceptors (Lipinski definition) is 4. The Morgan fingerprint density at radius 3 is 2.43 bits per heavy atom. The molecule has 0 spiro atoms. The van der Waals surface area contributed by atoms with Gasteiger partial charge in [0, 0.05) is 25.2 Å². The predicted molar refractivity (Wildman–Crippen MR) is 112 cm³/mol. The van der Waals surface area contributed by atoms with E-state index in [1.807, 2.05) is 11.0 Å². The monoisotopic (exact) mass is 402 g/mol. The second-order valence-corrected chi connectivity index (χ2v) is 10.6. The van der Waals surface area contributed by atoms with Gasteiger partial charge in [-0.05, 0) is 36.8 Å². The Kier molecular flexibility index (Phi) is 5.88. The molecule has 28 heavy (non-hydrogen) atoms. The molecule has 1 saturated heterocycles. The molecule has 6 heteroatoms. The molecule has 1 atom stereocenters. The maximum atomic E-state index is 13.2. The van der Waals surface area contributed by atoms with Gasteiger partial charge in [0.2, 0.25) is 5.91 Å². The first-order valence-corrected chi connectivity index (χ1v) is 12.3. The minimum atomic E-state index is -2.99. The quantitative estimate of drug-likeness (QED) is 0.760. The highest BCUT2D eigenvalue weighted by molar-refractivity contribution is 7.91. The average molecular weight is 403 g/mol.